The first kappa shape index (κ1) is 29.9. The zero-order valence-electron chi connectivity index (χ0n) is 23.9. The van der Waals surface area contributed by atoms with Gasteiger partial charge >= 0.3 is 0 Å². The average molecular weight is 505 g/mol. The highest BCUT2D eigenvalue weighted by molar-refractivity contribution is 5.59. The zero-order chi connectivity index (χ0) is 28.2. The number of hydrogen-bond donors (Lipinski definition) is 0. The molecule has 4 heteroatoms. The Morgan fingerprint density at radius 3 is 2.34 bits per heavy atom. The quantitative estimate of drug-likeness (QED) is 0.299. The van der Waals surface area contributed by atoms with E-state index in [1.54, 1.807) is 6.92 Å². The number of anilines is 1. The normalized spacial score (nSPS) is 11.3. The van der Waals surface area contributed by atoms with Crippen LogP contribution in [0.5, 0.6) is 0 Å². The fourth-order valence-corrected chi connectivity index (χ4v) is 4.42. The fraction of sp³-hybridized carbons (Fsp3) is 0.294. The predicted octanol–water partition coefficient (Wildman–Crippen LogP) is 7.47. The van der Waals surface area contributed by atoms with Crippen LogP contribution in [0.3, 0.4) is 0 Å². The fourth-order valence-electron chi connectivity index (χ4n) is 4.42. The summed E-state index contributed by atoms with van der Waals surface area (Å²) in [6.45, 7) is 16.2. The zero-order valence-corrected chi connectivity index (χ0v) is 23.9. The van der Waals surface area contributed by atoms with E-state index < -0.39 is 0 Å². The molecule has 38 heavy (non-hydrogen) atoms. The molecule has 0 bridgehead atoms. The Bertz CT molecular complexity index is 1420. The van der Waals surface area contributed by atoms with Gasteiger partial charge in [0, 0.05) is 43.3 Å². The van der Waals surface area contributed by atoms with Crippen molar-refractivity contribution in [2.24, 2.45) is 4.99 Å². The third kappa shape index (κ3) is 7.61. The largest absolute Gasteiger partial charge is 0.325 e. The number of rotatable bonds is 8. The number of pyridine rings is 1. The summed E-state index contributed by atoms with van der Waals surface area (Å²) in [7, 11) is 1.82. The minimum absolute atomic E-state index is 0.0557. The van der Waals surface area contributed by atoms with Crippen LogP contribution in [0.1, 0.15) is 74.0 Å². The number of nitriles is 1. The second-order valence-electron chi connectivity index (χ2n) is 9.49. The molecule has 1 aromatic heterocycles. The number of aromatic nitrogens is 1. The van der Waals surface area contributed by atoms with Gasteiger partial charge in [0.25, 0.3) is 0 Å². The lowest BCUT2D eigenvalue weighted by Crippen LogP contribution is -2.28. The first-order valence-electron chi connectivity index (χ1n) is 12.9. The predicted molar refractivity (Wildman–Crippen MR) is 161 cm³/mol. The monoisotopic (exact) mass is 504 g/mol. The summed E-state index contributed by atoms with van der Waals surface area (Å²) in [5.41, 5.74) is 9.81. The second kappa shape index (κ2) is 14.5. The van der Waals surface area contributed by atoms with E-state index in [0.29, 0.717) is 12.0 Å². The lowest BCUT2D eigenvalue weighted by atomic mass is 9.99. The van der Waals surface area contributed by atoms with E-state index in [-0.39, 0.29) is 6.04 Å². The molecule has 3 rings (SSSR count). The molecule has 0 N–H and O–H groups in total. The van der Waals surface area contributed by atoms with Gasteiger partial charge in [-0.25, -0.2) is 0 Å². The maximum absolute atomic E-state index is 9.77. The summed E-state index contributed by atoms with van der Waals surface area (Å²) in [5, 5.41) is 9.77. The van der Waals surface area contributed by atoms with Crippen LogP contribution in [-0.2, 0) is 12.8 Å². The molecule has 1 atom stereocenters. The van der Waals surface area contributed by atoms with Crippen LogP contribution in [0.4, 0.5) is 5.69 Å². The molecular weight excluding hydrogens is 464 g/mol. The highest BCUT2D eigenvalue weighted by atomic mass is 15.1. The molecule has 0 aliphatic heterocycles. The molecule has 4 nitrogen and oxygen atoms in total. The molecule has 3 aromatic rings. The Morgan fingerprint density at radius 2 is 1.82 bits per heavy atom. The van der Waals surface area contributed by atoms with Crippen LogP contribution in [0.2, 0.25) is 0 Å². The van der Waals surface area contributed by atoms with Crippen molar-refractivity contribution in [1.82, 2.24) is 4.57 Å². The van der Waals surface area contributed by atoms with Gasteiger partial charge in [0.2, 0.25) is 0 Å². The standard InChI is InChI=1S/C31H36N4.C3H4/c1-8-27-16-25(12-15-30(27)34(9-2)20-22(3)4)17-29-18-26(19-32)21-35(31(29)33-7)24(6)28-13-10-23(5)11-14-28;1-3-2/h9-16,18,20-21,24H,2,8,17H2,1,3-7H3;1H,2H3. The van der Waals surface area contributed by atoms with Crippen LogP contribution in [-0.4, -0.2) is 11.6 Å². The molecule has 0 aliphatic carbocycles. The van der Waals surface area contributed by atoms with Crippen molar-refractivity contribution >= 4 is 5.69 Å². The Labute approximate surface area is 229 Å². The van der Waals surface area contributed by atoms with E-state index in [2.05, 4.69) is 123 Å². The Morgan fingerprint density at radius 1 is 1.16 bits per heavy atom. The lowest BCUT2D eigenvalue weighted by Gasteiger charge is -2.21. The highest BCUT2D eigenvalue weighted by Crippen LogP contribution is 2.25. The summed E-state index contributed by atoms with van der Waals surface area (Å²) >= 11 is 0. The van der Waals surface area contributed by atoms with Gasteiger partial charge in [0.15, 0.2) is 0 Å². The van der Waals surface area contributed by atoms with Gasteiger partial charge in [0.1, 0.15) is 11.6 Å². The van der Waals surface area contributed by atoms with Crippen LogP contribution >= 0.6 is 0 Å². The molecule has 1 unspecified atom stereocenters. The van der Waals surface area contributed by atoms with Crippen LogP contribution in [0.25, 0.3) is 0 Å². The molecule has 0 spiro atoms. The summed E-state index contributed by atoms with van der Waals surface area (Å²) in [5.74, 6) is 2.25. The minimum Gasteiger partial charge on any atom is -0.325 e. The minimum atomic E-state index is 0.0557. The molecule has 196 valence electrons. The first-order chi connectivity index (χ1) is 18.2. The smallest absolute Gasteiger partial charge is 0.131 e. The van der Waals surface area contributed by atoms with Crippen LogP contribution < -0.4 is 10.4 Å². The molecule has 0 aliphatic rings. The Kier molecular flexibility index (Phi) is 11.4. The first-order valence-corrected chi connectivity index (χ1v) is 12.9. The lowest BCUT2D eigenvalue weighted by molar-refractivity contribution is 0.597. The maximum atomic E-state index is 9.77. The molecular formula is C34H40N4. The molecule has 0 saturated heterocycles. The van der Waals surface area contributed by atoms with Crippen LogP contribution in [0.15, 0.2) is 84.3 Å². The van der Waals surface area contributed by atoms with Crippen LogP contribution in [0, 0.1) is 30.6 Å². The van der Waals surface area contributed by atoms with E-state index >= 15 is 0 Å². The van der Waals surface area contributed by atoms with Gasteiger partial charge in [-0.2, -0.15) is 5.26 Å². The van der Waals surface area contributed by atoms with E-state index in [1.165, 1.54) is 27.8 Å². The number of terminal acetylenes is 1. The number of aryl methyl sites for hydroxylation is 2. The molecule has 0 amide bonds. The summed E-state index contributed by atoms with van der Waals surface area (Å²) in [4.78, 5) is 6.75. The molecule has 2 aromatic carbocycles. The van der Waals surface area contributed by atoms with Gasteiger partial charge < -0.3 is 9.47 Å². The van der Waals surface area contributed by atoms with E-state index in [0.717, 1.165) is 23.2 Å². The van der Waals surface area contributed by atoms with Gasteiger partial charge in [-0.15, -0.1) is 12.3 Å². The van der Waals surface area contributed by atoms with E-state index in [4.69, 9.17) is 0 Å². The molecule has 1 heterocycles. The number of benzene rings is 2. The number of nitrogens with zero attached hydrogens (tertiary/aromatic N) is 4. The van der Waals surface area contributed by atoms with Crippen molar-refractivity contribution in [1.29, 1.82) is 5.26 Å². The van der Waals surface area contributed by atoms with Gasteiger partial charge in [-0.3, -0.25) is 4.99 Å². The van der Waals surface area contributed by atoms with Crippen molar-refractivity contribution < 1.29 is 0 Å². The van der Waals surface area contributed by atoms with E-state index in [1.807, 2.05) is 25.5 Å². The van der Waals surface area contributed by atoms with Gasteiger partial charge in [-0.05, 0) is 69.9 Å². The summed E-state index contributed by atoms with van der Waals surface area (Å²) in [6, 6.07) is 19.5. The van der Waals surface area contributed by atoms with Crippen molar-refractivity contribution in [3.05, 3.63) is 118 Å². The third-order valence-corrected chi connectivity index (χ3v) is 6.25. The summed E-state index contributed by atoms with van der Waals surface area (Å²) in [6.07, 6.45) is 12.1. The number of hydrogen-bond acceptors (Lipinski definition) is 3. The molecule has 0 radical (unpaired) electrons. The molecule has 0 saturated carbocycles. The number of allylic oxidation sites excluding steroid dienone is 1. The van der Waals surface area contributed by atoms with E-state index in [9.17, 15) is 5.26 Å². The average Bonchev–Trinajstić information content (AvgIpc) is 2.91. The van der Waals surface area contributed by atoms with Gasteiger partial charge in [-0.1, -0.05) is 61.0 Å². The van der Waals surface area contributed by atoms with Gasteiger partial charge in [0.05, 0.1) is 11.6 Å². The van der Waals surface area contributed by atoms with Crippen molar-refractivity contribution in [2.45, 2.75) is 60.4 Å². The Hall–Kier alpha value is -4.28. The maximum Gasteiger partial charge on any atom is 0.131 e. The second-order valence-corrected chi connectivity index (χ2v) is 9.49. The topological polar surface area (TPSA) is 44.3 Å². The SMILES string of the molecule is C#CC.C=CN(C=C(C)C)c1ccc(Cc2cc(C#N)cn(C(C)c3ccc(C)cc3)c2=NC)cc1CC. The highest BCUT2D eigenvalue weighted by Gasteiger charge is 2.14. The molecule has 0 fully saturated rings. The van der Waals surface area contributed by atoms with Crippen molar-refractivity contribution in [2.75, 3.05) is 11.9 Å². The summed E-state index contributed by atoms with van der Waals surface area (Å²) < 4.78 is 2.13. The third-order valence-electron chi connectivity index (χ3n) is 6.25. The van der Waals surface area contributed by atoms with Crippen molar-refractivity contribution in [3.63, 3.8) is 0 Å². The van der Waals surface area contributed by atoms with Crippen molar-refractivity contribution in [3.8, 4) is 18.4 Å². The Balaban J connectivity index is 0.00000161.